The van der Waals surface area contributed by atoms with Gasteiger partial charge < -0.3 is 10.1 Å². The molecule has 0 saturated carbocycles. The number of carbonyl (C=O) groups is 1. The van der Waals surface area contributed by atoms with Gasteiger partial charge in [0, 0.05) is 11.3 Å². The second kappa shape index (κ2) is 6.96. The van der Waals surface area contributed by atoms with Gasteiger partial charge in [-0.1, -0.05) is 30.3 Å². The van der Waals surface area contributed by atoms with Crippen molar-refractivity contribution in [2.24, 2.45) is 0 Å². The summed E-state index contributed by atoms with van der Waals surface area (Å²) in [4.78, 5) is 12.4. The first-order valence-electron chi connectivity index (χ1n) is 7.52. The van der Waals surface area contributed by atoms with Crippen molar-refractivity contribution in [2.45, 2.75) is 6.92 Å². The van der Waals surface area contributed by atoms with Crippen LogP contribution in [0.2, 0.25) is 0 Å². The molecule has 0 radical (unpaired) electrons. The second-order valence-corrected chi connectivity index (χ2v) is 5.36. The SMILES string of the molecule is Cc1ccc(F)cc1NC(=O)c1cccc(Oc2ccccc2)c1. The summed E-state index contributed by atoms with van der Waals surface area (Å²) in [5, 5.41) is 2.72. The summed E-state index contributed by atoms with van der Waals surface area (Å²) < 4.78 is 19.1. The molecule has 120 valence electrons. The van der Waals surface area contributed by atoms with Gasteiger partial charge in [0.15, 0.2) is 0 Å². The number of halogens is 1. The van der Waals surface area contributed by atoms with Crippen LogP contribution in [0.25, 0.3) is 0 Å². The Labute approximate surface area is 139 Å². The van der Waals surface area contributed by atoms with Crippen LogP contribution < -0.4 is 10.1 Å². The number of ether oxygens (including phenoxy) is 1. The number of para-hydroxylation sites is 1. The topological polar surface area (TPSA) is 38.3 Å². The van der Waals surface area contributed by atoms with Gasteiger partial charge in [0.2, 0.25) is 0 Å². The normalized spacial score (nSPS) is 10.2. The minimum absolute atomic E-state index is 0.317. The fourth-order valence-corrected chi connectivity index (χ4v) is 2.25. The number of benzene rings is 3. The molecule has 0 aliphatic heterocycles. The first-order chi connectivity index (χ1) is 11.6. The van der Waals surface area contributed by atoms with E-state index in [2.05, 4.69) is 5.32 Å². The van der Waals surface area contributed by atoms with Crippen LogP contribution in [0.1, 0.15) is 15.9 Å². The molecule has 3 aromatic rings. The van der Waals surface area contributed by atoms with Crippen LogP contribution in [-0.2, 0) is 0 Å². The molecule has 0 atom stereocenters. The monoisotopic (exact) mass is 321 g/mol. The molecule has 1 amide bonds. The molecular formula is C20H16FNO2. The summed E-state index contributed by atoms with van der Waals surface area (Å²) in [5.74, 6) is 0.542. The molecule has 0 heterocycles. The lowest BCUT2D eigenvalue weighted by atomic mass is 10.1. The van der Waals surface area contributed by atoms with Crippen molar-refractivity contribution in [3.8, 4) is 11.5 Å². The number of rotatable bonds is 4. The van der Waals surface area contributed by atoms with E-state index in [0.29, 0.717) is 22.7 Å². The first-order valence-corrected chi connectivity index (χ1v) is 7.52. The Morgan fingerprint density at radius 1 is 0.917 bits per heavy atom. The van der Waals surface area contributed by atoms with Crippen molar-refractivity contribution in [2.75, 3.05) is 5.32 Å². The van der Waals surface area contributed by atoms with E-state index < -0.39 is 5.82 Å². The van der Waals surface area contributed by atoms with Crippen molar-refractivity contribution in [1.29, 1.82) is 0 Å². The number of hydrogen-bond donors (Lipinski definition) is 1. The Morgan fingerprint density at radius 3 is 2.46 bits per heavy atom. The van der Waals surface area contributed by atoms with Gasteiger partial charge in [-0.2, -0.15) is 0 Å². The van der Waals surface area contributed by atoms with E-state index in [9.17, 15) is 9.18 Å². The van der Waals surface area contributed by atoms with Crippen LogP contribution in [0, 0.1) is 12.7 Å². The lowest BCUT2D eigenvalue weighted by molar-refractivity contribution is 0.102. The zero-order valence-electron chi connectivity index (χ0n) is 13.1. The number of hydrogen-bond acceptors (Lipinski definition) is 2. The standard InChI is InChI=1S/C20H16FNO2/c1-14-10-11-16(21)13-19(14)22-20(23)15-6-5-9-18(12-15)24-17-7-3-2-4-8-17/h2-13H,1H3,(H,22,23). The number of anilines is 1. The van der Waals surface area contributed by atoms with Gasteiger partial charge in [-0.25, -0.2) is 4.39 Å². The van der Waals surface area contributed by atoms with Crippen molar-refractivity contribution in [3.63, 3.8) is 0 Å². The van der Waals surface area contributed by atoms with E-state index in [1.54, 1.807) is 30.3 Å². The third-order valence-corrected chi connectivity index (χ3v) is 3.52. The van der Waals surface area contributed by atoms with Crippen molar-refractivity contribution >= 4 is 11.6 Å². The van der Waals surface area contributed by atoms with Gasteiger partial charge in [-0.15, -0.1) is 0 Å². The maximum absolute atomic E-state index is 13.3. The summed E-state index contributed by atoms with van der Waals surface area (Å²) in [7, 11) is 0. The molecule has 1 N–H and O–H groups in total. The van der Waals surface area contributed by atoms with Crippen LogP contribution in [0.5, 0.6) is 11.5 Å². The van der Waals surface area contributed by atoms with E-state index in [1.807, 2.05) is 37.3 Å². The highest BCUT2D eigenvalue weighted by Crippen LogP contribution is 2.23. The average Bonchev–Trinajstić information content (AvgIpc) is 2.59. The maximum Gasteiger partial charge on any atom is 0.255 e. The molecule has 0 aromatic heterocycles. The van der Waals surface area contributed by atoms with Crippen molar-refractivity contribution < 1.29 is 13.9 Å². The molecule has 0 aliphatic rings. The molecule has 3 aromatic carbocycles. The second-order valence-electron chi connectivity index (χ2n) is 5.36. The number of carbonyl (C=O) groups excluding carboxylic acids is 1. The summed E-state index contributed by atoms with van der Waals surface area (Å²) in [5.41, 5.74) is 1.68. The molecular weight excluding hydrogens is 305 g/mol. The molecule has 0 bridgehead atoms. The number of aryl methyl sites for hydroxylation is 1. The minimum atomic E-state index is -0.392. The highest BCUT2D eigenvalue weighted by molar-refractivity contribution is 6.04. The smallest absolute Gasteiger partial charge is 0.255 e. The molecule has 24 heavy (non-hydrogen) atoms. The van der Waals surface area contributed by atoms with Crippen LogP contribution in [0.3, 0.4) is 0 Å². The summed E-state index contributed by atoms with van der Waals surface area (Å²) >= 11 is 0. The Hall–Kier alpha value is -3.14. The lowest BCUT2D eigenvalue weighted by Gasteiger charge is -2.10. The van der Waals surface area contributed by atoms with Crippen LogP contribution in [0.4, 0.5) is 10.1 Å². The highest BCUT2D eigenvalue weighted by atomic mass is 19.1. The van der Waals surface area contributed by atoms with Gasteiger partial charge >= 0.3 is 0 Å². The van der Waals surface area contributed by atoms with Gasteiger partial charge in [0.1, 0.15) is 17.3 Å². The first kappa shape index (κ1) is 15.7. The summed E-state index contributed by atoms with van der Waals surface area (Å²) in [6.07, 6.45) is 0. The molecule has 0 aliphatic carbocycles. The molecule has 3 rings (SSSR count). The zero-order valence-corrected chi connectivity index (χ0v) is 13.1. The maximum atomic E-state index is 13.3. The summed E-state index contributed by atoms with van der Waals surface area (Å²) in [6, 6.07) is 20.5. The van der Waals surface area contributed by atoms with Gasteiger partial charge in [0.05, 0.1) is 0 Å². The fourth-order valence-electron chi connectivity index (χ4n) is 2.25. The van der Waals surface area contributed by atoms with E-state index in [-0.39, 0.29) is 5.91 Å². The van der Waals surface area contributed by atoms with Gasteiger partial charge in [-0.05, 0) is 55.0 Å². The van der Waals surface area contributed by atoms with Crippen LogP contribution in [0.15, 0.2) is 72.8 Å². The molecule has 4 heteroatoms. The zero-order chi connectivity index (χ0) is 16.9. The lowest BCUT2D eigenvalue weighted by Crippen LogP contribution is -2.13. The van der Waals surface area contributed by atoms with Gasteiger partial charge in [0.25, 0.3) is 5.91 Å². The molecule has 3 nitrogen and oxygen atoms in total. The van der Waals surface area contributed by atoms with E-state index in [1.165, 1.54) is 12.1 Å². The van der Waals surface area contributed by atoms with Crippen LogP contribution in [-0.4, -0.2) is 5.91 Å². The number of nitrogens with one attached hydrogen (secondary N) is 1. The molecule has 0 fully saturated rings. The molecule has 0 spiro atoms. The Morgan fingerprint density at radius 2 is 1.67 bits per heavy atom. The minimum Gasteiger partial charge on any atom is -0.457 e. The average molecular weight is 321 g/mol. The third-order valence-electron chi connectivity index (χ3n) is 3.52. The largest absolute Gasteiger partial charge is 0.457 e. The summed E-state index contributed by atoms with van der Waals surface area (Å²) in [6.45, 7) is 1.81. The molecule has 0 unspecified atom stereocenters. The fraction of sp³-hybridized carbons (Fsp3) is 0.0500. The Kier molecular flexibility index (Phi) is 4.57. The van der Waals surface area contributed by atoms with Crippen molar-refractivity contribution in [1.82, 2.24) is 0 Å². The highest BCUT2D eigenvalue weighted by Gasteiger charge is 2.10. The third kappa shape index (κ3) is 3.79. The van der Waals surface area contributed by atoms with E-state index >= 15 is 0 Å². The van der Waals surface area contributed by atoms with Crippen molar-refractivity contribution in [3.05, 3.63) is 89.7 Å². The van der Waals surface area contributed by atoms with E-state index in [4.69, 9.17) is 4.74 Å². The molecule has 0 saturated heterocycles. The van der Waals surface area contributed by atoms with E-state index in [0.717, 1.165) is 5.56 Å². The van der Waals surface area contributed by atoms with Gasteiger partial charge in [-0.3, -0.25) is 4.79 Å². The Bertz CT molecular complexity index is 863. The van der Waals surface area contributed by atoms with Crippen LogP contribution >= 0.6 is 0 Å². The quantitative estimate of drug-likeness (QED) is 0.719. The number of amides is 1. The predicted molar refractivity (Wildman–Crippen MR) is 92.0 cm³/mol. The predicted octanol–water partition coefficient (Wildman–Crippen LogP) is 5.18. The Balaban J connectivity index is 1.78.